The Morgan fingerprint density at radius 3 is 2.86 bits per heavy atom. The van der Waals surface area contributed by atoms with Gasteiger partial charge in [0.15, 0.2) is 5.43 Å². The summed E-state index contributed by atoms with van der Waals surface area (Å²) >= 11 is 1.73. The molecule has 0 aliphatic carbocycles. The number of benzene rings is 1. The average Bonchev–Trinajstić information content (AvgIpc) is 2.18. The summed E-state index contributed by atoms with van der Waals surface area (Å²) in [5.41, 5.74) is 0.155. The van der Waals surface area contributed by atoms with Crippen LogP contribution in [0.25, 0.3) is 10.1 Å². The van der Waals surface area contributed by atoms with Gasteiger partial charge in [-0.1, -0.05) is 25.5 Å². The molecule has 0 N–H and O–H groups in total. The largest absolute Gasteiger partial charge is 0.289 e. The molecule has 0 spiro atoms. The SMILES string of the molecule is CCCc1cc(=O)c2ccccc2s1. The second-order valence-electron chi connectivity index (χ2n) is 3.32. The smallest absolute Gasteiger partial charge is 0.188 e. The summed E-state index contributed by atoms with van der Waals surface area (Å²) in [4.78, 5) is 12.9. The highest BCUT2D eigenvalue weighted by Gasteiger charge is 2.00. The highest BCUT2D eigenvalue weighted by molar-refractivity contribution is 7.18. The van der Waals surface area contributed by atoms with Gasteiger partial charge in [-0.05, 0) is 24.6 Å². The topological polar surface area (TPSA) is 17.1 Å². The third-order valence-corrected chi connectivity index (χ3v) is 3.34. The molecule has 1 heterocycles. The van der Waals surface area contributed by atoms with Crippen molar-refractivity contribution in [3.8, 4) is 0 Å². The van der Waals surface area contributed by atoms with Crippen LogP contribution in [0, 0.1) is 0 Å². The normalized spacial score (nSPS) is 10.6. The summed E-state index contributed by atoms with van der Waals surface area (Å²) in [5.74, 6) is 0. The van der Waals surface area contributed by atoms with E-state index in [0.29, 0.717) is 0 Å². The second kappa shape index (κ2) is 3.93. The van der Waals surface area contributed by atoms with Crippen LogP contribution in [-0.2, 0) is 6.42 Å². The van der Waals surface area contributed by atoms with Gasteiger partial charge in [-0.3, -0.25) is 4.79 Å². The molecule has 2 rings (SSSR count). The van der Waals surface area contributed by atoms with Gasteiger partial charge in [0.2, 0.25) is 0 Å². The first kappa shape index (κ1) is 9.41. The van der Waals surface area contributed by atoms with Crippen molar-refractivity contribution in [2.45, 2.75) is 19.8 Å². The van der Waals surface area contributed by atoms with Crippen LogP contribution >= 0.6 is 11.3 Å². The van der Waals surface area contributed by atoms with Crippen molar-refractivity contribution in [3.63, 3.8) is 0 Å². The molecule has 0 aliphatic heterocycles. The Morgan fingerprint density at radius 1 is 1.29 bits per heavy atom. The minimum Gasteiger partial charge on any atom is -0.289 e. The van der Waals surface area contributed by atoms with Crippen LogP contribution in [-0.4, -0.2) is 0 Å². The van der Waals surface area contributed by atoms with Gasteiger partial charge in [-0.25, -0.2) is 0 Å². The molecule has 0 amide bonds. The maximum atomic E-state index is 11.7. The van der Waals surface area contributed by atoms with E-state index in [1.165, 1.54) is 4.88 Å². The number of aryl methyl sites for hydroxylation is 1. The fourth-order valence-corrected chi connectivity index (χ4v) is 2.70. The van der Waals surface area contributed by atoms with Crippen LogP contribution in [0.1, 0.15) is 18.2 Å². The summed E-state index contributed by atoms with van der Waals surface area (Å²) in [6, 6.07) is 9.57. The number of hydrogen-bond acceptors (Lipinski definition) is 2. The minimum atomic E-state index is 0.155. The number of fused-ring (bicyclic) bond motifs is 1. The summed E-state index contributed by atoms with van der Waals surface area (Å²) in [6.45, 7) is 2.13. The van der Waals surface area contributed by atoms with Gasteiger partial charge < -0.3 is 0 Å². The third-order valence-electron chi connectivity index (χ3n) is 2.18. The molecular weight excluding hydrogens is 192 g/mol. The standard InChI is InChI=1S/C12H12OS/c1-2-5-9-8-11(13)10-6-3-4-7-12(10)14-9/h3-4,6-8H,2,5H2,1H3. The van der Waals surface area contributed by atoms with Gasteiger partial charge in [-0.15, -0.1) is 11.3 Å². The van der Waals surface area contributed by atoms with Crippen LogP contribution in [0.4, 0.5) is 0 Å². The zero-order valence-corrected chi connectivity index (χ0v) is 8.93. The number of rotatable bonds is 2. The highest BCUT2D eigenvalue weighted by atomic mass is 32.1. The zero-order valence-electron chi connectivity index (χ0n) is 8.12. The quantitative estimate of drug-likeness (QED) is 0.734. The zero-order chi connectivity index (χ0) is 9.97. The lowest BCUT2D eigenvalue weighted by atomic mass is 10.2. The Bertz CT molecular complexity index is 499. The van der Waals surface area contributed by atoms with Crippen molar-refractivity contribution in [2.24, 2.45) is 0 Å². The molecule has 1 nitrogen and oxygen atoms in total. The van der Waals surface area contributed by atoms with Crippen molar-refractivity contribution < 1.29 is 0 Å². The lowest BCUT2D eigenvalue weighted by Gasteiger charge is -1.99. The fraction of sp³-hybridized carbons (Fsp3) is 0.250. The molecular formula is C12H12OS. The summed E-state index contributed by atoms with van der Waals surface area (Å²) < 4.78 is 1.10. The van der Waals surface area contributed by atoms with Gasteiger partial charge in [0.1, 0.15) is 0 Å². The van der Waals surface area contributed by atoms with E-state index in [-0.39, 0.29) is 5.43 Å². The highest BCUT2D eigenvalue weighted by Crippen LogP contribution is 2.19. The Morgan fingerprint density at radius 2 is 2.07 bits per heavy atom. The molecule has 0 bridgehead atoms. The molecule has 2 heteroatoms. The van der Waals surface area contributed by atoms with Crippen molar-refractivity contribution in [1.29, 1.82) is 0 Å². The first-order valence-corrected chi connectivity index (χ1v) is 5.64. The van der Waals surface area contributed by atoms with E-state index in [4.69, 9.17) is 0 Å². The van der Waals surface area contributed by atoms with E-state index in [1.54, 1.807) is 17.4 Å². The number of hydrogen-bond donors (Lipinski definition) is 0. The molecule has 1 aromatic heterocycles. The summed E-state index contributed by atoms with van der Waals surface area (Å²) in [6.07, 6.45) is 2.10. The summed E-state index contributed by atoms with van der Waals surface area (Å²) in [5, 5.41) is 0.845. The molecule has 0 unspecified atom stereocenters. The minimum absolute atomic E-state index is 0.155. The van der Waals surface area contributed by atoms with Gasteiger partial charge >= 0.3 is 0 Å². The van der Waals surface area contributed by atoms with E-state index >= 15 is 0 Å². The molecule has 0 atom stereocenters. The second-order valence-corrected chi connectivity index (χ2v) is 4.49. The van der Waals surface area contributed by atoms with E-state index in [9.17, 15) is 4.79 Å². The Kier molecular flexibility index (Phi) is 2.64. The van der Waals surface area contributed by atoms with Crippen molar-refractivity contribution in [2.75, 3.05) is 0 Å². The lowest BCUT2D eigenvalue weighted by Crippen LogP contribution is -1.99. The Labute approximate surface area is 87.0 Å². The van der Waals surface area contributed by atoms with Gasteiger partial charge in [-0.2, -0.15) is 0 Å². The van der Waals surface area contributed by atoms with E-state index < -0.39 is 0 Å². The first-order chi connectivity index (χ1) is 6.81. The third kappa shape index (κ3) is 1.70. The van der Waals surface area contributed by atoms with E-state index in [0.717, 1.165) is 22.9 Å². The fourth-order valence-electron chi connectivity index (χ4n) is 1.52. The van der Waals surface area contributed by atoms with Gasteiger partial charge in [0.25, 0.3) is 0 Å². The van der Waals surface area contributed by atoms with Crippen LogP contribution in [0.2, 0.25) is 0 Å². The van der Waals surface area contributed by atoms with E-state index in [1.807, 2.05) is 24.3 Å². The molecule has 0 aliphatic rings. The van der Waals surface area contributed by atoms with Crippen LogP contribution in [0.5, 0.6) is 0 Å². The predicted octanol–water partition coefficient (Wildman–Crippen LogP) is 3.21. The van der Waals surface area contributed by atoms with Crippen molar-refractivity contribution in [3.05, 3.63) is 45.4 Å². The molecule has 14 heavy (non-hydrogen) atoms. The van der Waals surface area contributed by atoms with Gasteiger partial charge in [0, 0.05) is 15.0 Å². The van der Waals surface area contributed by atoms with Crippen molar-refractivity contribution in [1.82, 2.24) is 0 Å². The summed E-state index contributed by atoms with van der Waals surface area (Å²) in [7, 11) is 0. The first-order valence-electron chi connectivity index (χ1n) is 4.83. The molecule has 0 saturated carbocycles. The van der Waals surface area contributed by atoms with Gasteiger partial charge in [0.05, 0.1) is 0 Å². The monoisotopic (exact) mass is 204 g/mol. The maximum Gasteiger partial charge on any atom is 0.188 e. The molecule has 2 aromatic rings. The predicted molar refractivity (Wildman–Crippen MR) is 62.1 cm³/mol. The van der Waals surface area contributed by atoms with Crippen LogP contribution in [0.15, 0.2) is 35.1 Å². The molecule has 0 radical (unpaired) electrons. The molecule has 0 fully saturated rings. The molecule has 1 aromatic carbocycles. The molecule has 0 saturated heterocycles. The van der Waals surface area contributed by atoms with Crippen LogP contribution < -0.4 is 5.43 Å². The van der Waals surface area contributed by atoms with E-state index in [2.05, 4.69) is 6.92 Å². The lowest BCUT2D eigenvalue weighted by molar-refractivity contribution is 0.938. The van der Waals surface area contributed by atoms with Crippen LogP contribution in [0.3, 0.4) is 0 Å². The molecule has 72 valence electrons. The van der Waals surface area contributed by atoms with Crippen molar-refractivity contribution >= 4 is 21.4 Å². The maximum absolute atomic E-state index is 11.7. The Hall–Kier alpha value is -1.15. The average molecular weight is 204 g/mol. The Balaban J connectivity index is 2.66.